The molecule has 2 nitrogen and oxygen atoms in total. The molecule has 0 radical (unpaired) electrons. The summed E-state index contributed by atoms with van der Waals surface area (Å²) >= 11 is 0. The van der Waals surface area contributed by atoms with Crippen molar-refractivity contribution >= 4 is 0 Å². The molecule has 0 N–H and O–H groups in total. The van der Waals surface area contributed by atoms with Gasteiger partial charge in [0.2, 0.25) is 0 Å². The molecular formula is C27H24O2. The largest absolute Gasteiger partial charge is 0.497 e. The SMILES string of the molecule is COc1ccc(COC(c2ccccc2)(c2ccccc2)c2ccccc2)cc1. The molecular weight excluding hydrogens is 356 g/mol. The average Bonchev–Trinajstić information content (AvgIpc) is 2.82. The molecule has 0 bridgehead atoms. The molecule has 0 fully saturated rings. The minimum atomic E-state index is -0.705. The van der Waals surface area contributed by atoms with Crippen LogP contribution < -0.4 is 4.74 Å². The molecule has 144 valence electrons. The predicted octanol–water partition coefficient (Wildman–Crippen LogP) is 6.20. The number of methoxy groups -OCH3 is 1. The highest BCUT2D eigenvalue weighted by Crippen LogP contribution is 2.41. The third-order valence-electron chi connectivity index (χ3n) is 5.16. The summed E-state index contributed by atoms with van der Waals surface area (Å²) in [6, 6.07) is 39.3. The van der Waals surface area contributed by atoms with Crippen molar-refractivity contribution in [3.05, 3.63) is 138 Å². The molecule has 0 aliphatic carbocycles. The third kappa shape index (κ3) is 3.94. The zero-order valence-corrected chi connectivity index (χ0v) is 16.5. The van der Waals surface area contributed by atoms with Crippen molar-refractivity contribution in [2.24, 2.45) is 0 Å². The van der Waals surface area contributed by atoms with Crippen LogP contribution in [0.2, 0.25) is 0 Å². The Labute approximate surface area is 172 Å². The second-order valence-electron chi connectivity index (χ2n) is 6.92. The third-order valence-corrected chi connectivity index (χ3v) is 5.16. The first-order valence-electron chi connectivity index (χ1n) is 9.76. The number of hydrogen-bond donors (Lipinski definition) is 0. The van der Waals surface area contributed by atoms with Crippen LogP contribution in [0.4, 0.5) is 0 Å². The van der Waals surface area contributed by atoms with Gasteiger partial charge >= 0.3 is 0 Å². The van der Waals surface area contributed by atoms with E-state index in [1.165, 1.54) is 0 Å². The van der Waals surface area contributed by atoms with E-state index < -0.39 is 5.60 Å². The Bertz CT molecular complexity index is 914. The van der Waals surface area contributed by atoms with Gasteiger partial charge < -0.3 is 9.47 Å². The van der Waals surface area contributed by atoms with Crippen LogP contribution in [0.25, 0.3) is 0 Å². The van der Waals surface area contributed by atoms with Crippen molar-refractivity contribution in [2.45, 2.75) is 12.2 Å². The molecule has 0 atom stereocenters. The molecule has 0 aliphatic heterocycles. The minimum absolute atomic E-state index is 0.475. The van der Waals surface area contributed by atoms with Gasteiger partial charge in [0.25, 0.3) is 0 Å². The van der Waals surface area contributed by atoms with Crippen molar-refractivity contribution in [2.75, 3.05) is 7.11 Å². The lowest BCUT2D eigenvalue weighted by atomic mass is 9.80. The summed E-state index contributed by atoms with van der Waals surface area (Å²) in [6.07, 6.45) is 0. The number of benzene rings is 4. The van der Waals surface area contributed by atoms with Gasteiger partial charge in [0.1, 0.15) is 11.4 Å². The fourth-order valence-electron chi connectivity index (χ4n) is 3.68. The normalized spacial score (nSPS) is 11.2. The fraction of sp³-hybridized carbons (Fsp3) is 0.111. The molecule has 0 saturated heterocycles. The van der Waals surface area contributed by atoms with Crippen LogP contribution in [0.1, 0.15) is 22.3 Å². The van der Waals surface area contributed by atoms with Crippen LogP contribution in [0.15, 0.2) is 115 Å². The molecule has 0 saturated carbocycles. The van der Waals surface area contributed by atoms with Crippen molar-refractivity contribution in [3.63, 3.8) is 0 Å². The van der Waals surface area contributed by atoms with Gasteiger partial charge in [-0.15, -0.1) is 0 Å². The molecule has 29 heavy (non-hydrogen) atoms. The maximum Gasteiger partial charge on any atom is 0.144 e. The number of hydrogen-bond acceptors (Lipinski definition) is 2. The van der Waals surface area contributed by atoms with E-state index >= 15 is 0 Å². The zero-order valence-electron chi connectivity index (χ0n) is 16.5. The Morgan fingerprint density at radius 3 is 1.34 bits per heavy atom. The molecule has 2 heteroatoms. The van der Waals surface area contributed by atoms with Crippen LogP contribution in [0.5, 0.6) is 5.75 Å². The summed E-state index contributed by atoms with van der Waals surface area (Å²) in [5.41, 5.74) is 3.70. The Balaban J connectivity index is 1.83. The highest BCUT2D eigenvalue weighted by Gasteiger charge is 2.37. The van der Waals surface area contributed by atoms with Crippen molar-refractivity contribution in [1.82, 2.24) is 0 Å². The van der Waals surface area contributed by atoms with Gasteiger partial charge in [-0.3, -0.25) is 0 Å². The Morgan fingerprint density at radius 2 is 0.966 bits per heavy atom. The zero-order chi connectivity index (χ0) is 19.9. The standard InChI is InChI=1S/C27H24O2/c1-28-26-19-17-22(18-20-26)21-29-27(23-11-5-2-6-12-23,24-13-7-3-8-14-24)25-15-9-4-10-16-25/h2-20H,21H2,1H3. The quantitative estimate of drug-likeness (QED) is 0.355. The van der Waals surface area contributed by atoms with Crippen molar-refractivity contribution < 1.29 is 9.47 Å². The molecule has 0 aromatic heterocycles. The number of rotatable bonds is 7. The van der Waals surface area contributed by atoms with Crippen molar-refractivity contribution in [3.8, 4) is 5.75 Å². The first kappa shape index (κ1) is 19.0. The minimum Gasteiger partial charge on any atom is -0.497 e. The first-order valence-corrected chi connectivity index (χ1v) is 9.76. The molecule has 0 unspecified atom stereocenters. The van der Waals surface area contributed by atoms with Gasteiger partial charge in [0, 0.05) is 0 Å². The van der Waals surface area contributed by atoms with Crippen LogP contribution in [0.3, 0.4) is 0 Å². The van der Waals surface area contributed by atoms with Gasteiger partial charge in [-0.05, 0) is 34.4 Å². The van der Waals surface area contributed by atoms with E-state index in [1.807, 2.05) is 42.5 Å². The van der Waals surface area contributed by atoms with Gasteiger partial charge in [-0.25, -0.2) is 0 Å². The van der Waals surface area contributed by atoms with E-state index in [2.05, 4.69) is 72.8 Å². The Morgan fingerprint density at radius 1 is 0.552 bits per heavy atom. The van der Waals surface area contributed by atoms with Gasteiger partial charge in [-0.1, -0.05) is 103 Å². The molecule has 0 amide bonds. The van der Waals surface area contributed by atoms with Crippen LogP contribution in [-0.2, 0) is 16.9 Å². The Kier molecular flexibility index (Phi) is 5.73. The maximum absolute atomic E-state index is 6.81. The maximum atomic E-state index is 6.81. The van der Waals surface area contributed by atoms with E-state index in [4.69, 9.17) is 9.47 Å². The molecule has 0 heterocycles. The number of ether oxygens (including phenoxy) is 2. The molecule has 4 aromatic carbocycles. The monoisotopic (exact) mass is 380 g/mol. The molecule has 4 rings (SSSR count). The average molecular weight is 380 g/mol. The van der Waals surface area contributed by atoms with Gasteiger partial charge in [0.15, 0.2) is 0 Å². The fourth-order valence-corrected chi connectivity index (χ4v) is 3.68. The molecule has 0 aliphatic rings. The van der Waals surface area contributed by atoms with Gasteiger partial charge in [-0.2, -0.15) is 0 Å². The van der Waals surface area contributed by atoms with Crippen LogP contribution in [0, 0.1) is 0 Å². The molecule has 4 aromatic rings. The summed E-state index contributed by atoms with van der Waals surface area (Å²) in [5, 5.41) is 0. The highest BCUT2D eigenvalue weighted by molar-refractivity contribution is 5.47. The topological polar surface area (TPSA) is 18.5 Å². The smallest absolute Gasteiger partial charge is 0.144 e. The summed E-state index contributed by atoms with van der Waals surface area (Å²) in [4.78, 5) is 0. The van der Waals surface area contributed by atoms with E-state index in [0.717, 1.165) is 28.0 Å². The predicted molar refractivity (Wildman–Crippen MR) is 117 cm³/mol. The van der Waals surface area contributed by atoms with Crippen molar-refractivity contribution in [1.29, 1.82) is 0 Å². The van der Waals surface area contributed by atoms with E-state index in [0.29, 0.717) is 6.61 Å². The Hall–Kier alpha value is -3.36. The summed E-state index contributed by atoms with van der Waals surface area (Å²) < 4.78 is 12.1. The van der Waals surface area contributed by atoms with E-state index in [-0.39, 0.29) is 0 Å². The van der Waals surface area contributed by atoms with Gasteiger partial charge in [0.05, 0.1) is 13.7 Å². The van der Waals surface area contributed by atoms with Crippen LogP contribution >= 0.6 is 0 Å². The molecule has 0 spiro atoms. The highest BCUT2D eigenvalue weighted by atomic mass is 16.5. The summed E-state index contributed by atoms with van der Waals surface area (Å²) in [7, 11) is 1.68. The second-order valence-corrected chi connectivity index (χ2v) is 6.92. The lowest BCUT2D eigenvalue weighted by Gasteiger charge is -2.36. The summed E-state index contributed by atoms with van der Waals surface area (Å²) in [5.74, 6) is 0.842. The first-order chi connectivity index (χ1) is 14.3. The van der Waals surface area contributed by atoms with E-state index in [9.17, 15) is 0 Å². The van der Waals surface area contributed by atoms with E-state index in [1.54, 1.807) is 7.11 Å². The second kappa shape index (κ2) is 8.76. The lowest BCUT2D eigenvalue weighted by molar-refractivity contribution is 0.000230. The van der Waals surface area contributed by atoms with Crippen LogP contribution in [-0.4, -0.2) is 7.11 Å². The summed E-state index contributed by atoms with van der Waals surface area (Å²) in [6.45, 7) is 0.475. The lowest BCUT2D eigenvalue weighted by Crippen LogP contribution is -2.32.